The third kappa shape index (κ3) is 9.74. The average Bonchev–Trinajstić information content (AvgIpc) is 1.78. The Morgan fingerprint density at radius 2 is 2.09 bits per heavy atom. The lowest BCUT2D eigenvalue weighted by atomic mass is 10.6. The van der Waals surface area contributed by atoms with E-state index >= 15 is 0 Å². The molecule has 0 heterocycles. The summed E-state index contributed by atoms with van der Waals surface area (Å²) in [5.41, 5.74) is 1.99. The Hall–Kier alpha value is -0.260. The summed E-state index contributed by atoms with van der Waals surface area (Å²) in [5.74, 6) is 0. The molecule has 2 nitrogen and oxygen atoms in total. The maximum atomic E-state index is 11.4. The number of alkyl halides is 3. The van der Waals surface area contributed by atoms with Gasteiger partial charge in [0.25, 0.3) is 0 Å². The number of halogens is 4. The first-order valence-corrected chi connectivity index (χ1v) is 3.04. The van der Waals surface area contributed by atoms with E-state index in [-0.39, 0.29) is 11.6 Å². The second-order valence-electron chi connectivity index (χ2n) is 1.74. The molecule has 0 saturated carbocycles. The van der Waals surface area contributed by atoms with E-state index in [0.717, 1.165) is 0 Å². The zero-order valence-corrected chi connectivity index (χ0v) is 6.30. The topological polar surface area (TPSA) is 21.3 Å². The van der Waals surface area contributed by atoms with Crippen LogP contribution in [0.5, 0.6) is 0 Å². The van der Waals surface area contributed by atoms with E-state index in [4.69, 9.17) is 11.6 Å². The van der Waals surface area contributed by atoms with Crippen molar-refractivity contribution in [3.05, 3.63) is 11.6 Å². The molecule has 0 spiro atoms. The molecule has 0 bridgehead atoms. The third-order valence-corrected chi connectivity index (χ3v) is 0.736. The number of rotatable bonds is 4. The largest absolute Gasteiger partial charge is 0.413 e. The van der Waals surface area contributed by atoms with Crippen LogP contribution in [0.3, 0.4) is 0 Å². The van der Waals surface area contributed by atoms with Crippen molar-refractivity contribution in [3.63, 3.8) is 0 Å². The molecule has 0 aliphatic rings. The lowest BCUT2D eigenvalue weighted by Crippen LogP contribution is -2.25. The Morgan fingerprint density at radius 3 is 2.45 bits per heavy atom. The van der Waals surface area contributed by atoms with Gasteiger partial charge in [0.15, 0.2) is 6.61 Å². The first-order valence-electron chi connectivity index (χ1n) is 2.66. The third-order valence-electron chi connectivity index (χ3n) is 0.602. The van der Waals surface area contributed by atoms with E-state index in [1.54, 1.807) is 0 Å². The van der Waals surface area contributed by atoms with Crippen LogP contribution in [-0.4, -0.2) is 19.3 Å². The van der Waals surface area contributed by atoms with Crippen LogP contribution in [0, 0.1) is 0 Å². The Balaban J connectivity index is 3.22. The Labute approximate surface area is 66.9 Å². The first kappa shape index (κ1) is 10.7. The average molecular weight is 190 g/mol. The van der Waals surface area contributed by atoms with Crippen molar-refractivity contribution in [2.24, 2.45) is 0 Å². The molecule has 11 heavy (non-hydrogen) atoms. The first-order chi connectivity index (χ1) is 4.92. The minimum Gasteiger partial charge on any atom is -0.292 e. The fraction of sp³-hybridized carbons (Fsp3) is 0.600. The van der Waals surface area contributed by atoms with Crippen molar-refractivity contribution in [1.82, 2.24) is 5.48 Å². The van der Waals surface area contributed by atoms with Gasteiger partial charge in [-0.25, -0.2) is 0 Å². The molecular formula is C5H7ClF3NO. The van der Waals surface area contributed by atoms with Gasteiger partial charge in [0.2, 0.25) is 0 Å². The predicted molar refractivity (Wildman–Crippen MR) is 35.0 cm³/mol. The Morgan fingerprint density at radius 1 is 1.55 bits per heavy atom. The molecule has 6 heteroatoms. The molecule has 0 aromatic rings. The van der Waals surface area contributed by atoms with E-state index in [1.807, 2.05) is 5.48 Å². The molecule has 0 radical (unpaired) electrons. The normalized spacial score (nSPS) is 11.6. The van der Waals surface area contributed by atoms with Crippen LogP contribution in [0.1, 0.15) is 0 Å². The van der Waals surface area contributed by atoms with Crippen LogP contribution in [0.2, 0.25) is 0 Å². The van der Waals surface area contributed by atoms with Gasteiger partial charge in [0, 0.05) is 5.03 Å². The summed E-state index contributed by atoms with van der Waals surface area (Å²) in [4.78, 5) is 3.99. The van der Waals surface area contributed by atoms with Gasteiger partial charge < -0.3 is 0 Å². The zero-order chi connectivity index (χ0) is 8.91. The van der Waals surface area contributed by atoms with Gasteiger partial charge in [-0.2, -0.15) is 18.7 Å². The van der Waals surface area contributed by atoms with Gasteiger partial charge in [-0.1, -0.05) is 18.2 Å². The number of hydrogen-bond donors (Lipinski definition) is 1. The molecule has 0 aromatic heterocycles. The molecule has 66 valence electrons. The molecule has 0 aliphatic carbocycles. The highest BCUT2D eigenvalue weighted by Crippen LogP contribution is 2.13. The zero-order valence-electron chi connectivity index (χ0n) is 5.54. The monoisotopic (exact) mass is 189 g/mol. The van der Waals surface area contributed by atoms with Gasteiger partial charge in [-0.15, -0.1) is 0 Å². The maximum Gasteiger partial charge on any atom is 0.413 e. The summed E-state index contributed by atoms with van der Waals surface area (Å²) in [6.07, 6.45) is -4.32. The van der Waals surface area contributed by atoms with Crippen molar-refractivity contribution < 1.29 is 18.0 Å². The fourth-order valence-electron chi connectivity index (χ4n) is 0.262. The highest BCUT2D eigenvalue weighted by atomic mass is 35.5. The summed E-state index contributed by atoms with van der Waals surface area (Å²) in [5, 5.41) is 0.187. The van der Waals surface area contributed by atoms with Gasteiger partial charge in [0.1, 0.15) is 0 Å². The Kier molecular flexibility index (Phi) is 4.48. The van der Waals surface area contributed by atoms with Crippen molar-refractivity contribution in [2.75, 3.05) is 13.2 Å². The van der Waals surface area contributed by atoms with Gasteiger partial charge >= 0.3 is 6.18 Å². The maximum absolute atomic E-state index is 11.4. The second kappa shape index (κ2) is 4.58. The minimum absolute atomic E-state index is 0.00235. The standard InChI is InChI=1S/C5H7ClF3NO/c1-4(6)2-10-11-3-5(7,8)9/h10H,1-3H2. The molecule has 0 saturated heterocycles. The molecule has 0 unspecified atom stereocenters. The van der Waals surface area contributed by atoms with Crippen molar-refractivity contribution in [3.8, 4) is 0 Å². The molecule has 0 rings (SSSR count). The molecule has 0 amide bonds. The summed E-state index contributed by atoms with van der Waals surface area (Å²) in [6.45, 7) is 1.89. The van der Waals surface area contributed by atoms with E-state index in [9.17, 15) is 13.2 Å². The van der Waals surface area contributed by atoms with Crippen LogP contribution >= 0.6 is 11.6 Å². The quantitative estimate of drug-likeness (QED) is 0.538. The van der Waals surface area contributed by atoms with Crippen LogP contribution in [0.25, 0.3) is 0 Å². The van der Waals surface area contributed by atoms with Crippen LogP contribution < -0.4 is 5.48 Å². The van der Waals surface area contributed by atoms with Crippen molar-refractivity contribution in [1.29, 1.82) is 0 Å². The molecule has 1 N–H and O–H groups in total. The van der Waals surface area contributed by atoms with E-state index in [1.165, 1.54) is 0 Å². The lowest BCUT2D eigenvalue weighted by Gasteiger charge is -2.06. The molecular weight excluding hydrogens is 183 g/mol. The van der Waals surface area contributed by atoms with Crippen molar-refractivity contribution in [2.45, 2.75) is 6.18 Å². The summed E-state index contributed by atoms with van der Waals surface area (Å²) >= 11 is 5.21. The second-order valence-corrected chi connectivity index (χ2v) is 2.28. The van der Waals surface area contributed by atoms with E-state index in [2.05, 4.69) is 11.4 Å². The van der Waals surface area contributed by atoms with Gasteiger partial charge in [0.05, 0.1) is 6.54 Å². The van der Waals surface area contributed by atoms with Gasteiger partial charge in [-0.05, 0) is 0 Å². The molecule has 0 aliphatic heterocycles. The highest BCUT2D eigenvalue weighted by molar-refractivity contribution is 6.29. The van der Waals surface area contributed by atoms with Crippen molar-refractivity contribution >= 4 is 11.6 Å². The fourth-order valence-corrected chi connectivity index (χ4v) is 0.317. The molecule has 0 atom stereocenters. The summed E-state index contributed by atoms with van der Waals surface area (Å²) in [7, 11) is 0. The Bertz CT molecular complexity index is 136. The number of hydrogen-bond acceptors (Lipinski definition) is 2. The van der Waals surface area contributed by atoms with Crippen LogP contribution in [0.15, 0.2) is 11.6 Å². The van der Waals surface area contributed by atoms with Crippen LogP contribution in [-0.2, 0) is 4.84 Å². The predicted octanol–water partition coefficient (Wildman–Crippen LogP) is 1.82. The number of hydroxylamine groups is 1. The lowest BCUT2D eigenvalue weighted by molar-refractivity contribution is -0.188. The highest BCUT2D eigenvalue weighted by Gasteiger charge is 2.27. The van der Waals surface area contributed by atoms with Crippen LogP contribution in [0.4, 0.5) is 13.2 Å². The summed E-state index contributed by atoms with van der Waals surface area (Å²) in [6, 6.07) is 0. The molecule has 0 fully saturated rings. The SMILES string of the molecule is C=C(Cl)CNOCC(F)(F)F. The minimum atomic E-state index is -4.32. The molecule has 0 aromatic carbocycles. The number of nitrogens with one attached hydrogen (secondary N) is 1. The smallest absolute Gasteiger partial charge is 0.292 e. The van der Waals surface area contributed by atoms with E-state index < -0.39 is 12.8 Å². The van der Waals surface area contributed by atoms with Gasteiger partial charge in [-0.3, -0.25) is 4.84 Å². The van der Waals surface area contributed by atoms with E-state index in [0.29, 0.717) is 0 Å². The summed E-state index contributed by atoms with van der Waals surface area (Å²) < 4.78 is 34.1.